The Balaban J connectivity index is 1.55. The Bertz CT molecular complexity index is 973. The Kier molecular flexibility index (Phi) is 7.41. The molecule has 1 N–H and O–H groups in total. The van der Waals surface area contributed by atoms with Gasteiger partial charge in [-0.05, 0) is 42.8 Å². The molecule has 3 rings (SSSR count). The molecule has 0 spiro atoms. The van der Waals surface area contributed by atoms with E-state index in [-0.39, 0.29) is 12.5 Å². The first-order valence-electron chi connectivity index (χ1n) is 9.08. The summed E-state index contributed by atoms with van der Waals surface area (Å²) < 4.78 is 6.82. The van der Waals surface area contributed by atoms with Gasteiger partial charge in [0.2, 0.25) is 0 Å². The summed E-state index contributed by atoms with van der Waals surface area (Å²) in [5, 5.41) is 6.64. The quantitative estimate of drug-likeness (QED) is 0.371. The maximum absolute atomic E-state index is 11.9. The number of carbonyl (C=O) groups is 1. The molecule has 3 aromatic carbocycles. The van der Waals surface area contributed by atoms with Crippen LogP contribution in [0, 0.1) is 6.92 Å². The lowest BCUT2D eigenvalue weighted by Crippen LogP contribution is -2.16. The van der Waals surface area contributed by atoms with Gasteiger partial charge in [0.25, 0.3) is 5.91 Å². The van der Waals surface area contributed by atoms with Crippen LogP contribution in [0.1, 0.15) is 16.7 Å². The number of halogens is 1. The molecule has 5 nitrogen and oxygen atoms in total. The lowest BCUT2D eigenvalue weighted by atomic mass is 10.1. The van der Waals surface area contributed by atoms with Crippen LogP contribution in [0.3, 0.4) is 0 Å². The van der Waals surface area contributed by atoms with Crippen LogP contribution in [0.2, 0.25) is 0 Å². The number of amides is 1. The van der Waals surface area contributed by atoms with Gasteiger partial charge in [-0.2, -0.15) is 0 Å². The largest absolute Gasteiger partial charge is 0.488 e. The van der Waals surface area contributed by atoms with Crippen LogP contribution in [0.25, 0.3) is 0 Å². The molecule has 0 aliphatic carbocycles. The summed E-state index contributed by atoms with van der Waals surface area (Å²) in [6.45, 7) is 2.32. The second-order valence-corrected chi connectivity index (χ2v) is 7.29. The third kappa shape index (κ3) is 6.76. The third-order valence-corrected chi connectivity index (χ3v) is 4.50. The molecule has 6 heteroatoms. The molecule has 29 heavy (non-hydrogen) atoms. The van der Waals surface area contributed by atoms with E-state index < -0.39 is 0 Å². The van der Waals surface area contributed by atoms with Crippen molar-refractivity contribution in [1.82, 2.24) is 0 Å². The first-order valence-corrected chi connectivity index (χ1v) is 9.87. The lowest BCUT2D eigenvalue weighted by Gasteiger charge is -2.10. The molecule has 0 aliphatic heterocycles. The highest BCUT2D eigenvalue weighted by Gasteiger charge is 2.05. The molecule has 148 valence electrons. The highest BCUT2D eigenvalue weighted by atomic mass is 79.9. The number of oxime groups is 1. The molecular weight excluding hydrogens is 432 g/mol. The molecule has 0 fully saturated rings. The summed E-state index contributed by atoms with van der Waals surface area (Å²) in [6.07, 6.45) is 1.53. The van der Waals surface area contributed by atoms with Crippen LogP contribution in [0.4, 0.5) is 5.69 Å². The first-order chi connectivity index (χ1) is 14.1. The van der Waals surface area contributed by atoms with Gasteiger partial charge in [0.15, 0.2) is 6.61 Å². The minimum Gasteiger partial charge on any atom is -0.488 e. The van der Waals surface area contributed by atoms with Crippen LogP contribution in [-0.4, -0.2) is 18.7 Å². The summed E-state index contributed by atoms with van der Waals surface area (Å²) in [5.74, 6) is 0.397. The van der Waals surface area contributed by atoms with Gasteiger partial charge in [0.1, 0.15) is 12.4 Å². The summed E-state index contributed by atoms with van der Waals surface area (Å²) in [7, 11) is 0. The second-order valence-electron chi connectivity index (χ2n) is 6.38. The van der Waals surface area contributed by atoms with Crippen LogP contribution in [0.15, 0.2) is 82.4 Å². The van der Waals surface area contributed by atoms with Crippen molar-refractivity contribution in [1.29, 1.82) is 0 Å². The molecule has 0 bridgehead atoms. The van der Waals surface area contributed by atoms with E-state index in [9.17, 15) is 4.79 Å². The van der Waals surface area contributed by atoms with Crippen molar-refractivity contribution in [2.75, 3.05) is 11.9 Å². The fraction of sp³-hybridized carbons (Fsp3) is 0.130. The summed E-state index contributed by atoms with van der Waals surface area (Å²) >= 11 is 3.45. The Labute approximate surface area is 178 Å². The van der Waals surface area contributed by atoms with Gasteiger partial charge < -0.3 is 14.9 Å². The van der Waals surface area contributed by atoms with Crippen molar-refractivity contribution >= 4 is 33.7 Å². The predicted octanol–water partition coefficient (Wildman–Crippen LogP) is 5.33. The van der Waals surface area contributed by atoms with Crippen molar-refractivity contribution in [2.24, 2.45) is 5.16 Å². The smallest absolute Gasteiger partial charge is 0.265 e. The molecule has 0 unspecified atom stereocenters. The zero-order valence-corrected chi connectivity index (χ0v) is 17.6. The second kappa shape index (κ2) is 10.4. The molecular formula is C23H21BrN2O3. The van der Waals surface area contributed by atoms with Gasteiger partial charge in [0.05, 0.1) is 6.21 Å². The number of aryl methyl sites for hydroxylation is 1. The first kappa shape index (κ1) is 20.6. The monoisotopic (exact) mass is 452 g/mol. The van der Waals surface area contributed by atoms with E-state index >= 15 is 0 Å². The summed E-state index contributed by atoms with van der Waals surface area (Å²) in [5.41, 5.74) is 3.74. The standard InChI is InChI=1S/C23H21BrN2O3/c1-17-7-9-18(10-8-17)15-28-22-12-11-20(24)13-19(22)14-25-29-16-23(27)26-21-5-3-2-4-6-21/h2-14H,15-16H2,1H3,(H,26,27). The van der Waals surface area contributed by atoms with Gasteiger partial charge in [-0.15, -0.1) is 0 Å². The van der Waals surface area contributed by atoms with Crippen molar-refractivity contribution in [3.8, 4) is 5.75 Å². The van der Waals surface area contributed by atoms with Crippen molar-refractivity contribution in [3.63, 3.8) is 0 Å². The molecule has 0 heterocycles. The number of ether oxygens (including phenoxy) is 1. The normalized spacial score (nSPS) is 10.7. The van der Waals surface area contributed by atoms with E-state index in [1.807, 2.05) is 55.5 Å². The van der Waals surface area contributed by atoms with E-state index in [1.165, 1.54) is 11.8 Å². The number of nitrogens with zero attached hydrogens (tertiary/aromatic N) is 1. The number of hydrogen-bond acceptors (Lipinski definition) is 4. The van der Waals surface area contributed by atoms with Gasteiger partial charge >= 0.3 is 0 Å². The van der Waals surface area contributed by atoms with Crippen LogP contribution in [-0.2, 0) is 16.2 Å². The van der Waals surface area contributed by atoms with E-state index in [1.54, 1.807) is 12.1 Å². The molecule has 1 amide bonds. The molecule has 0 aromatic heterocycles. The van der Waals surface area contributed by atoms with Gasteiger partial charge in [0, 0.05) is 15.7 Å². The Hall–Kier alpha value is -3.12. The number of rotatable bonds is 8. The van der Waals surface area contributed by atoms with Crippen molar-refractivity contribution < 1.29 is 14.4 Å². The Morgan fingerprint density at radius 1 is 1.07 bits per heavy atom. The molecule has 0 saturated carbocycles. The average Bonchev–Trinajstić information content (AvgIpc) is 2.72. The minimum atomic E-state index is -0.279. The van der Waals surface area contributed by atoms with E-state index in [0.717, 1.165) is 15.6 Å². The molecule has 0 atom stereocenters. The van der Waals surface area contributed by atoms with Crippen LogP contribution < -0.4 is 10.1 Å². The van der Waals surface area contributed by atoms with Crippen LogP contribution in [0.5, 0.6) is 5.75 Å². The molecule has 0 aliphatic rings. The minimum absolute atomic E-state index is 0.182. The van der Waals surface area contributed by atoms with Gasteiger partial charge in [-0.1, -0.05) is 69.1 Å². The fourth-order valence-electron chi connectivity index (χ4n) is 2.51. The number of nitrogens with one attached hydrogen (secondary N) is 1. The molecule has 3 aromatic rings. The maximum Gasteiger partial charge on any atom is 0.265 e. The number of benzene rings is 3. The summed E-state index contributed by atoms with van der Waals surface area (Å²) in [4.78, 5) is 17.0. The number of hydrogen-bond donors (Lipinski definition) is 1. The van der Waals surface area contributed by atoms with Gasteiger partial charge in [-0.3, -0.25) is 4.79 Å². The van der Waals surface area contributed by atoms with E-state index in [2.05, 4.69) is 38.5 Å². The topological polar surface area (TPSA) is 59.9 Å². The van der Waals surface area contributed by atoms with Crippen molar-refractivity contribution in [3.05, 3.63) is 94.0 Å². The number of para-hydroxylation sites is 1. The maximum atomic E-state index is 11.9. The average molecular weight is 453 g/mol. The molecule has 0 radical (unpaired) electrons. The lowest BCUT2D eigenvalue weighted by molar-refractivity contribution is -0.120. The Morgan fingerprint density at radius 3 is 2.59 bits per heavy atom. The van der Waals surface area contributed by atoms with Crippen LogP contribution >= 0.6 is 15.9 Å². The number of anilines is 1. The SMILES string of the molecule is Cc1ccc(COc2ccc(Br)cc2C=NOCC(=O)Nc2ccccc2)cc1. The third-order valence-electron chi connectivity index (χ3n) is 4.01. The highest BCUT2D eigenvalue weighted by molar-refractivity contribution is 9.10. The fourth-order valence-corrected chi connectivity index (χ4v) is 2.88. The predicted molar refractivity (Wildman–Crippen MR) is 118 cm³/mol. The molecule has 0 saturated heterocycles. The van der Waals surface area contributed by atoms with E-state index in [4.69, 9.17) is 9.57 Å². The van der Waals surface area contributed by atoms with E-state index in [0.29, 0.717) is 18.0 Å². The zero-order chi connectivity index (χ0) is 20.5. The van der Waals surface area contributed by atoms with Crippen molar-refractivity contribution in [2.45, 2.75) is 13.5 Å². The zero-order valence-electron chi connectivity index (χ0n) is 16.0. The Morgan fingerprint density at radius 2 is 1.83 bits per heavy atom. The summed E-state index contributed by atoms with van der Waals surface area (Å²) in [6, 6.07) is 23.0. The van der Waals surface area contributed by atoms with Gasteiger partial charge in [-0.25, -0.2) is 0 Å². The highest BCUT2D eigenvalue weighted by Crippen LogP contribution is 2.23. The number of carbonyl (C=O) groups excluding carboxylic acids is 1.